The summed E-state index contributed by atoms with van der Waals surface area (Å²) in [5.74, 6) is 5.80. The first-order valence-electron chi connectivity index (χ1n) is 5.27. The summed E-state index contributed by atoms with van der Waals surface area (Å²) in [5.41, 5.74) is 3.05. The van der Waals surface area contributed by atoms with Crippen molar-refractivity contribution in [1.29, 1.82) is 0 Å². The van der Waals surface area contributed by atoms with Gasteiger partial charge < -0.3 is 10.3 Å². The van der Waals surface area contributed by atoms with Gasteiger partial charge in [0.05, 0.1) is 17.1 Å². The van der Waals surface area contributed by atoms with E-state index in [1.54, 1.807) is 5.01 Å². The fourth-order valence-corrected chi connectivity index (χ4v) is 2.12. The number of anilines is 3. The number of para-hydroxylation sites is 3. The number of nitrogens with zero attached hydrogens (tertiary/aromatic N) is 1. The number of hydrogen-bond acceptors (Lipinski definition) is 3. The summed E-state index contributed by atoms with van der Waals surface area (Å²) >= 11 is 2.31. The molecule has 2 aromatic carbocycles. The third-order valence-electron chi connectivity index (χ3n) is 2.43. The van der Waals surface area contributed by atoms with Gasteiger partial charge in [-0.2, -0.15) is 0 Å². The van der Waals surface area contributed by atoms with Crippen LogP contribution >= 0.6 is 22.6 Å². The predicted molar refractivity (Wildman–Crippen MR) is 81.5 cm³/mol. The molecule has 0 spiro atoms. The molecular formula is C13H14IN3. The van der Waals surface area contributed by atoms with Crippen LogP contribution in [0.5, 0.6) is 0 Å². The number of hydrazine groups is 1. The van der Waals surface area contributed by atoms with Crippen molar-refractivity contribution in [2.24, 2.45) is 5.84 Å². The van der Waals surface area contributed by atoms with Crippen LogP contribution in [0, 0.1) is 3.57 Å². The molecule has 88 valence electrons. The van der Waals surface area contributed by atoms with Gasteiger partial charge in [0.25, 0.3) is 0 Å². The number of rotatable bonds is 3. The number of hydrogen-bond donors (Lipinski definition) is 2. The first kappa shape index (κ1) is 12.2. The maximum atomic E-state index is 5.80. The Bertz CT molecular complexity index is 512. The summed E-state index contributed by atoms with van der Waals surface area (Å²) in [6, 6.07) is 16.1. The fourth-order valence-electron chi connectivity index (χ4n) is 1.59. The van der Waals surface area contributed by atoms with Crippen LogP contribution in [0.25, 0.3) is 0 Å². The summed E-state index contributed by atoms with van der Waals surface area (Å²) in [6.07, 6.45) is 0. The molecule has 0 aliphatic heterocycles. The monoisotopic (exact) mass is 339 g/mol. The van der Waals surface area contributed by atoms with Gasteiger partial charge >= 0.3 is 0 Å². The lowest BCUT2D eigenvalue weighted by atomic mass is 10.2. The van der Waals surface area contributed by atoms with E-state index in [4.69, 9.17) is 5.84 Å². The van der Waals surface area contributed by atoms with Crippen molar-refractivity contribution < 1.29 is 0 Å². The van der Waals surface area contributed by atoms with Gasteiger partial charge in [-0.3, -0.25) is 0 Å². The van der Waals surface area contributed by atoms with Crippen LogP contribution in [0.4, 0.5) is 17.1 Å². The van der Waals surface area contributed by atoms with Crippen LogP contribution in [-0.4, -0.2) is 7.05 Å². The Morgan fingerprint density at radius 1 is 1.00 bits per heavy atom. The summed E-state index contributed by atoms with van der Waals surface area (Å²) in [6.45, 7) is 0. The van der Waals surface area contributed by atoms with E-state index in [2.05, 4.69) is 40.0 Å². The van der Waals surface area contributed by atoms with E-state index in [1.165, 1.54) is 3.57 Å². The molecule has 0 aromatic heterocycles. The normalized spacial score (nSPS) is 10.1. The molecule has 4 heteroatoms. The highest BCUT2D eigenvalue weighted by Crippen LogP contribution is 2.28. The van der Waals surface area contributed by atoms with E-state index in [-0.39, 0.29) is 0 Å². The van der Waals surface area contributed by atoms with Crippen molar-refractivity contribution >= 4 is 39.7 Å². The number of nitrogens with two attached hydrogens (primary N) is 1. The van der Waals surface area contributed by atoms with Crippen LogP contribution < -0.4 is 16.2 Å². The quantitative estimate of drug-likeness (QED) is 0.512. The SMILES string of the molecule is CN(N)c1ccccc1Nc1ccccc1I. The molecule has 0 radical (unpaired) electrons. The van der Waals surface area contributed by atoms with E-state index >= 15 is 0 Å². The van der Waals surface area contributed by atoms with E-state index in [0.717, 1.165) is 17.1 Å². The minimum atomic E-state index is 0.965. The minimum Gasteiger partial charge on any atom is -0.353 e. The van der Waals surface area contributed by atoms with Crippen LogP contribution in [0.2, 0.25) is 0 Å². The highest BCUT2D eigenvalue weighted by molar-refractivity contribution is 14.1. The summed E-state index contributed by atoms with van der Waals surface area (Å²) in [5, 5.41) is 5.00. The van der Waals surface area contributed by atoms with Crippen molar-refractivity contribution in [1.82, 2.24) is 0 Å². The average molecular weight is 339 g/mol. The fraction of sp³-hybridized carbons (Fsp3) is 0.0769. The largest absolute Gasteiger partial charge is 0.353 e. The third-order valence-corrected chi connectivity index (χ3v) is 3.37. The lowest BCUT2D eigenvalue weighted by molar-refractivity contribution is 1.02. The van der Waals surface area contributed by atoms with Gasteiger partial charge in [-0.05, 0) is 46.9 Å². The second-order valence-electron chi connectivity index (χ2n) is 3.73. The topological polar surface area (TPSA) is 41.3 Å². The molecule has 2 aromatic rings. The Morgan fingerprint density at radius 2 is 1.59 bits per heavy atom. The van der Waals surface area contributed by atoms with Crippen molar-refractivity contribution in [2.45, 2.75) is 0 Å². The van der Waals surface area contributed by atoms with Gasteiger partial charge in [-0.25, -0.2) is 5.84 Å². The standard InChI is InChI=1S/C13H14IN3/c1-17(15)13-9-5-4-8-12(13)16-11-7-3-2-6-10(11)14/h2-9,16H,15H2,1H3. The highest BCUT2D eigenvalue weighted by atomic mass is 127. The third kappa shape index (κ3) is 2.89. The molecule has 3 nitrogen and oxygen atoms in total. The Kier molecular flexibility index (Phi) is 3.86. The molecule has 0 aliphatic rings. The van der Waals surface area contributed by atoms with E-state index in [9.17, 15) is 0 Å². The van der Waals surface area contributed by atoms with Crippen molar-refractivity contribution in [2.75, 3.05) is 17.4 Å². The Morgan fingerprint density at radius 3 is 2.24 bits per heavy atom. The molecule has 0 atom stereocenters. The molecule has 0 unspecified atom stereocenters. The lowest BCUT2D eigenvalue weighted by Gasteiger charge is -2.18. The van der Waals surface area contributed by atoms with Gasteiger partial charge in [-0.1, -0.05) is 24.3 Å². The Hall–Kier alpha value is -1.27. The molecule has 0 heterocycles. The highest BCUT2D eigenvalue weighted by Gasteiger charge is 2.05. The van der Waals surface area contributed by atoms with Gasteiger partial charge in [0.15, 0.2) is 0 Å². The Labute approximate surface area is 115 Å². The van der Waals surface area contributed by atoms with Gasteiger partial charge in [-0.15, -0.1) is 0 Å². The van der Waals surface area contributed by atoms with Crippen LogP contribution in [-0.2, 0) is 0 Å². The summed E-state index contributed by atoms with van der Waals surface area (Å²) in [4.78, 5) is 0. The number of halogens is 1. The lowest BCUT2D eigenvalue weighted by Crippen LogP contribution is -2.25. The molecule has 0 amide bonds. The molecular weight excluding hydrogens is 325 g/mol. The number of nitrogens with one attached hydrogen (secondary N) is 1. The average Bonchev–Trinajstić information content (AvgIpc) is 2.32. The second-order valence-corrected chi connectivity index (χ2v) is 4.90. The first-order chi connectivity index (χ1) is 8.18. The van der Waals surface area contributed by atoms with E-state index in [1.807, 2.05) is 43.4 Å². The summed E-state index contributed by atoms with van der Waals surface area (Å²) < 4.78 is 1.18. The van der Waals surface area contributed by atoms with Crippen molar-refractivity contribution in [3.05, 3.63) is 52.1 Å². The first-order valence-corrected chi connectivity index (χ1v) is 6.35. The minimum absolute atomic E-state index is 0.965. The zero-order valence-corrected chi connectivity index (χ0v) is 11.7. The van der Waals surface area contributed by atoms with Crippen molar-refractivity contribution in [3.8, 4) is 0 Å². The van der Waals surface area contributed by atoms with Crippen molar-refractivity contribution in [3.63, 3.8) is 0 Å². The molecule has 0 aliphatic carbocycles. The number of benzene rings is 2. The van der Waals surface area contributed by atoms with Crippen LogP contribution in [0.15, 0.2) is 48.5 Å². The second kappa shape index (κ2) is 5.37. The molecule has 17 heavy (non-hydrogen) atoms. The predicted octanol–water partition coefficient (Wildman–Crippen LogP) is 3.34. The zero-order chi connectivity index (χ0) is 12.3. The van der Waals surface area contributed by atoms with Gasteiger partial charge in [0, 0.05) is 10.6 Å². The van der Waals surface area contributed by atoms with E-state index < -0.39 is 0 Å². The Balaban J connectivity index is 2.34. The van der Waals surface area contributed by atoms with Crippen LogP contribution in [0.3, 0.4) is 0 Å². The maximum absolute atomic E-state index is 5.80. The van der Waals surface area contributed by atoms with Gasteiger partial charge in [0.1, 0.15) is 0 Å². The molecule has 0 fully saturated rings. The molecule has 3 N–H and O–H groups in total. The molecule has 0 bridgehead atoms. The van der Waals surface area contributed by atoms with Crippen LogP contribution in [0.1, 0.15) is 0 Å². The molecule has 2 rings (SSSR count). The maximum Gasteiger partial charge on any atom is 0.0748 e. The summed E-state index contributed by atoms with van der Waals surface area (Å²) in [7, 11) is 1.83. The smallest absolute Gasteiger partial charge is 0.0748 e. The van der Waals surface area contributed by atoms with Gasteiger partial charge in [0.2, 0.25) is 0 Å². The molecule has 0 saturated carbocycles. The molecule has 0 saturated heterocycles. The zero-order valence-electron chi connectivity index (χ0n) is 9.52. The van der Waals surface area contributed by atoms with E-state index in [0.29, 0.717) is 0 Å².